The summed E-state index contributed by atoms with van der Waals surface area (Å²) in [6.45, 7) is 3.03. The molecule has 1 aromatic heterocycles. The third-order valence-electron chi connectivity index (χ3n) is 5.49. The molecule has 0 saturated carbocycles. The van der Waals surface area contributed by atoms with Crippen LogP contribution in [0.4, 0.5) is 14.9 Å². The Bertz CT molecular complexity index is 865. The topological polar surface area (TPSA) is 74.8 Å². The van der Waals surface area contributed by atoms with Crippen LogP contribution in [0, 0.1) is 11.7 Å². The van der Waals surface area contributed by atoms with E-state index in [-0.39, 0.29) is 17.6 Å². The number of methoxy groups -OCH3 is 1. The van der Waals surface area contributed by atoms with Crippen LogP contribution < -0.4 is 5.32 Å². The molecule has 2 heterocycles. The zero-order chi connectivity index (χ0) is 22.2. The molecular weight excluding hydrogens is 399 g/mol. The number of piperidine rings is 1. The highest BCUT2D eigenvalue weighted by molar-refractivity contribution is 5.97. The van der Waals surface area contributed by atoms with Gasteiger partial charge in [-0.25, -0.2) is 9.18 Å². The predicted octanol–water partition coefficient (Wildman–Crippen LogP) is 3.43. The van der Waals surface area contributed by atoms with Gasteiger partial charge in [0.05, 0.1) is 30.7 Å². The van der Waals surface area contributed by atoms with Gasteiger partial charge in [-0.2, -0.15) is 0 Å². The fraction of sp³-hybridized carbons (Fsp3) is 0.435. The molecule has 0 unspecified atom stereocenters. The molecule has 31 heavy (non-hydrogen) atoms. The number of amides is 2. The number of hydrogen-bond acceptors (Lipinski definition) is 5. The fourth-order valence-corrected chi connectivity index (χ4v) is 3.68. The Morgan fingerprint density at radius 3 is 2.52 bits per heavy atom. The maximum Gasteiger partial charge on any atom is 0.321 e. The van der Waals surface area contributed by atoms with Crippen LogP contribution in [-0.4, -0.2) is 66.9 Å². The molecule has 0 bridgehead atoms. The zero-order valence-corrected chi connectivity index (χ0v) is 18.0. The van der Waals surface area contributed by atoms with Gasteiger partial charge in [0.25, 0.3) is 0 Å². The molecular formula is C23H29FN4O3. The zero-order valence-electron chi connectivity index (χ0n) is 18.0. The maximum atomic E-state index is 13.0. The lowest BCUT2D eigenvalue weighted by atomic mass is 9.96. The molecule has 8 heteroatoms. The predicted molar refractivity (Wildman–Crippen MR) is 116 cm³/mol. The number of nitrogens with one attached hydrogen (secondary N) is 1. The second-order valence-corrected chi connectivity index (χ2v) is 7.93. The third-order valence-corrected chi connectivity index (χ3v) is 5.49. The molecule has 0 radical (unpaired) electrons. The van der Waals surface area contributed by atoms with E-state index in [4.69, 9.17) is 4.74 Å². The molecule has 7 nitrogen and oxygen atoms in total. The number of ether oxygens (including phenoxy) is 1. The molecule has 166 valence electrons. The highest BCUT2D eigenvalue weighted by Crippen LogP contribution is 2.19. The van der Waals surface area contributed by atoms with Crippen molar-refractivity contribution in [3.63, 3.8) is 0 Å². The Hall–Kier alpha value is -2.84. The van der Waals surface area contributed by atoms with Gasteiger partial charge >= 0.3 is 6.03 Å². The van der Waals surface area contributed by atoms with E-state index in [9.17, 15) is 14.0 Å². The number of Topliss-reactive ketones (excluding diaryl/α,β-unsaturated/α-hetero) is 1. The summed E-state index contributed by atoms with van der Waals surface area (Å²) in [6, 6.07) is 9.13. The minimum atomic E-state index is -0.343. The number of likely N-dealkylation sites (tertiary alicyclic amines) is 1. The van der Waals surface area contributed by atoms with E-state index in [0.717, 1.165) is 31.6 Å². The summed E-state index contributed by atoms with van der Waals surface area (Å²) in [6.07, 6.45) is 3.46. The molecule has 0 aliphatic carbocycles. The van der Waals surface area contributed by atoms with E-state index in [1.807, 2.05) is 12.1 Å². The Balaban J connectivity index is 1.40. The van der Waals surface area contributed by atoms with Crippen molar-refractivity contribution in [2.24, 2.45) is 5.92 Å². The maximum absolute atomic E-state index is 13.0. The molecule has 1 aliphatic rings. The van der Waals surface area contributed by atoms with E-state index in [0.29, 0.717) is 36.9 Å². The molecule has 1 aliphatic heterocycles. The molecule has 1 fully saturated rings. The van der Waals surface area contributed by atoms with Crippen LogP contribution in [0.2, 0.25) is 0 Å². The first-order valence-corrected chi connectivity index (χ1v) is 10.4. The molecule has 2 aromatic rings. The molecule has 1 saturated heterocycles. The molecule has 2 amide bonds. The van der Waals surface area contributed by atoms with Gasteiger partial charge in [-0.05, 0) is 68.2 Å². The number of urea groups is 1. The summed E-state index contributed by atoms with van der Waals surface area (Å²) in [5.74, 6) is 0.0418. The van der Waals surface area contributed by atoms with Crippen LogP contribution in [0.25, 0.3) is 0 Å². The van der Waals surface area contributed by atoms with Crippen molar-refractivity contribution in [2.75, 3.05) is 45.7 Å². The molecule has 1 aromatic carbocycles. The minimum Gasteiger partial charge on any atom is -0.378 e. The molecule has 3 rings (SSSR count). The fourth-order valence-electron chi connectivity index (χ4n) is 3.68. The Kier molecular flexibility index (Phi) is 8.08. The van der Waals surface area contributed by atoms with Crippen molar-refractivity contribution in [3.05, 3.63) is 59.7 Å². The van der Waals surface area contributed by atoms with Crippen molar-refractivity contribution in [1.29, 1.82) is 0 Å². The first-order chi connectivity index (χ1) is 14.9. The van der Waals surface area contributed by atoms with Crippen molar-refractivity contribution in [2.45, 2.75) is 19.4 Å². The lowest BCUT2D eigenvalue weighted by Crippen LogP contribution is -2.42. The number of nitrogens with zero attached hydrogens (tertiary/aromatic N) is 3. The SMILES string of the molecule is COCc1ccc(NC(=O)N(C)CC2CCN(CC(=O)c3ccc(F)cc3)CC2)cn1. The number of halogens is 1. The number of ketones is 1. The summed E-state index contributed by atoms with van der Waals surface area (Å²) in [5.41, 5.74) is 1.98. The lowest BCUT2D eigenvalue weighted by molar-refractivity contribution is 0.0887. The number of pyridine rings is 1. The number of aromatic nitrogens is 1. The van der Waals surface area contributed by atoms with Gasteiger partial charge in [-0.3, -0.25) is 14.7 Å². The van der Waals surface area contributed by atoms with Crippen LogP contribution in [0.1, 0.15) is 28.9 Å². The van der Waals surface area contributed by atoms with E-state index in [1.165, 1.54) is 24.3 Å². The summed E-state index contributed by atoms with van der Waals surface area (Å²) >= 11 is 0. The van der Waals surface area contributed by atoms with Gasteiger partial charge in [0.1, 0.15) is 5.82 Å². The van der Waals surface area contributed by atoms with E-state index < -0.39 is 0 Å². The van der Waals surface area contributed by atoms with E-state index in [2.05, 4.69) is 15.2 Å². The van der Waals surface area contributed by atoms with E-state index in [1.54, 1.807) is 25.3 Å². The lowest BCUT2D eigenvalue weighted by Gasteiger charge is -2.33. The molecule has 0 atom stereocenters. The number of carbonyl (C=O) groups is 2. The van der Waals surface area contributed by atoms with Crippen LogP contribution in [0.15, 0.2) is 42.6 Å². The number of benzene rings is 1. The number of hydrogen-bond donors (Lipinski definition) is 1. The highest BCUT2D eigenvalue weighted by atomic mass is 19.1. The van der Waals surface area contributed by atoms with Crippen LogP contribution in [0.3, 0.4) is 0 Å². The second-order valence-electron chi connectivity index (χ2n) is 7.93. The Morgan fingerprint density at radius 1 is 1.19 bits per heavy atom. The quantitative estimate of drug-likeness (QED) is 0.652. The molecule has 0 spiro atoms. The van der Waals surface area contributed by atoms with Crippen LogP contribution in [-0.2, 0) is 11.3 Å². The minimum absolute atomic E-state index is 0.0000677. The molecule has 1 N–H and O–H groups in total. The monoisotopic (exact) mass is 428 g/mol. The van der Waals surface area contributed by atoms with Gasteiger partial charge in [-0.1, -0.05) is 0 Å². The van der Waals surface area contributed by atoms with Crippen molar-refractivity contribution >= 4 is 17.5 Å². The summed E-state index contributed by atoms with van der Waals surface area (Å²) in [5, 5.41) is 2.86. The smallest absolute Gasteiger partial charge is 0.321 e. The van der Waals surface area contributed by atoms with Crippen LogP contribution >= 0.6 is 0 Å². The summed E-state index contributed by atoms with van der Waals surface area (Å²) < 4.78 is 18.1. The van der Waals surface area contributed by atoms with Gasteiger partial charge < -0.3 is 15.0 Å². The van der Waals surface area contributed by atoms with Crippen molar-refractivity contribution in [1.82, 2.24) is 14.8 Å². The first kappa shape index (κ1) is 22.8. The van der Waals surface area contributed by atoms with Crippen molar-refractivity contribution in [3.8, 4) is 0 Å². The normalized spacial score (nSPS) is 14.9. The number of rotatable bonds is 8. The second kappa shape index (κ2) is 11.0. The van der Waals surface area contributed by atoms with Gasteiger partial charge in [-0.15, -0.1) is 0 Å². The van der Waals surface area contributed by atoms with Gasteiger partial charge in [0.15, 0.2) is 5.78 Å². The Morgan fingerprint density at radius 2 is 1.90 bits per heavy atom. The summed E-state index contributed by atoms with van der Waals surface area (Å²) in [4.78, 5) is 32.9. The highest BCUT2D eigenvalue weighted by Gasteiger charge is 2.23. The average molecular weight is 429 g/mol. The van der Waals surface area contributed by atoms with Crippen LogP contribution in [0.5, 0.6) is 0 Å². The Labute approximate surface area is 182 Å². The van der Waals surface area contributed by atoms with Crippen molar-refractivity contribution < 1.29 is 18.7 Å². The first-order valence-electron chi connectivity index (χ1n) is 10.4. The summed E-state index contributed by atoms with van der Waals surface area (Å²) in [7, 11) is 3.40. The van der Waals surface area contributed by atoms with Gasteiger partial charge in [0, 0.05) is 26.3 Å². The standard InChI is InChI=1S/C23H29FN4O3/c1-27(23(30)26-20-7-8-21(16-31-2)25-13-20)14-17-9-11-28(12-10-17)15-22(29)18-3-5-19(24)6-4-18/h3-8,13,17H,9-12,14-16H2,1-2H3,(H,26,30). The average Bonchev–Trinajstić information content (AvgIpc) is 2.77. The van der Waals surface area contributed by atoms with Gasteiger partial charge in [0.2, 0.25) is 0 Å². The number of carbonyl (C=O) groups excluding carboxylic acids is 2. The number of anilines is 1. The van der Waals surface area contributed by atoms with E-state index >= 15 is 0 Å². The largest absolute Gasteiger partial charge is 0.378 e. The third kappa shape index (κ3) is 6.83.